The minimum atomic E-state index is -0.779. The van der Waals surface area contributed by atoms with E-state index in [4.69, 9.17) is 0 Å². The summed E-state index contributed by atoms with van der Waals surface area (Å²) in [4.78, 5) is 0. The van der Waals surface area contributed by atoms with Gasteiger partial charge < -0.3 is 0 Å². The minimum absolute atomic E-state index is 0.229. The van der Waals surface area contributed by atoms with E-state index in [-0.39, 0.29) is 5.92 Å². The lowest BCUT2D eigenvalue weighted by Gasteiger charge is -2.24. The molecule has 0 aliphatic carbocycles. The molecular formula is C12H14BrFS. The van der Waals surface area contributed by atoms with Gasteiger partial charge in [-0.15, -0.1) is 0 Å². The molecule has 0 N–H and O–H groups in total. The monoisotopic (exact) mass is 288 g/mol. The molecule has 1 aliphatic heterocycles. The highest BCUT2D eigenvalue weighted by molar-refractivity contribution is 9.10. The average molecular weight is 289 g/mol. The molecule has 1 aromatic carbocycles. The van der Waals surface area contributed by atoms with Crippen LogP contribution in [0, 0.1) is 5.92 Å². The summed E-state index contributed by atoms with van der Waals surface area (Å²) in [6, 6.07) is 7.60. The summed E-state index contributed by atoms with van der Waals surface area (Å²) in [7, 11) is 0. The maximum Gasteiger partial charge on any atom is 0.128 e. The van der Waals surface area contributed by atoms with E-state index in [1.165, 1.54) is 0 Å². The van der Waals surface area contributed by atoms with Crippen molar-refractivity contribution in [2.24, 2.45) is 5.92 Å². The number of hydrogen-bond acceptors (Lipinski definition) is 1. The van der Waals surface area contributed by atoms with Crippen molar-refractivity contribution in [3.63, 3.8) is 0 Å². The zero-order chi connectivity index (χ0) is 10.7. The molecule has 0 saturated carbocycles. The first-order valence-corrected chi connectivity index (χ1v) is 7.19. The van der Waals surface area contributed by atoms with E-state index in [9.17, 15) is 4.39 Å². The van der Waals surface area contributed by atoms with Crippen LogP contribution in [0.5, 0.6) is 0 Å². The SMILES string of the molecule is FC(c1ccc(Br)cc1)C1CCSCC1. The van der Waals surface area contributed by atoms with Crippen LogP contribution in [0.2, 0.25) is 0 Å². The Morgan fingerprint density at radius 2 is 1.80 bits per heavy atom. The molecule has 0 bridgehead atoms. The highest BCUT2D eigenvalue weighted by Gasteiger charge is 2.24. The molecule has 2 rings (SSSR count). The lowest BCUT2D eigenvalue weighted by Crippen LogP contribution is -2.15. The summed E-state index contributed by atoms with van der Waals surface area (Å²) in [5, 5.41) is 0. The van der Waals surface area contributed by atoms with Gasteiger partial charge in [0.05, 0.1) is 0 Å². The van der Waals surface area contributed by atoms with Crippen molar-refractivity contribution in [1.29, 1.82) is 0 Å². The fourth-order valence-electron chi connectivity index (χ4n) is 1.93. The Labute approximate surface area is 103 Å². The predicted octanol–water partition coefficient (Wildman–Crippen LogP) is 4.60. The van der Waals surface area contributed by atoms with E-state index >= 15 is 0 Å². The predicted molar refractivity (Wildman–Crippen MR) is 68.0 cm³/mol. The standard InChI is InChI=1S/C12H14BrFS/c13-11-3-1-9(2-4-11)12(14)10-5-7-15-8-6-10/h1-4,10,12H,5-8H2. The fourth-order valence-corrected chi connectivity index (χ4v) is 3.33. The lowest BCUT2D eigenvalue weighted by molar-refractivity contribution is 0.219. The van der Waals surface area contributed by atoms with Gasteiger partial charge in [0.25, 0.3) is 0 Å². The zero-order valence-electron chi connectivity index (χ0n) is 8.46. The Kier molecular flexibility index (Phi) is 4.09. The van der Waals surface area contributed by atoms with Crippen molar-refractivity contribution in [2.45, 2.75) is 19.0 Å². The number of hydrogen-bond donors (Lipinski definition) is 0. The summed E-state index contributed by atoms with van der Waals surface area (Å²) in [5.41, 5.74) is 0.829. The van der Waals surface area contributed by atoms with E-state index in [0.29, 0.717) is 0 Å². The molecule has 0 amide bonds. The molecule has 0 spiro atoms. The molecule has 1 aliphatic rings. The minimum Gasteiger partial charge on any atom is -0.242 e. The van der Waals surface area contributed by atoms with Gasteiger partial charge in [-0.25, -0.2) is 4.39 Å². The van der Waals surface area contributed by atoms with E-state index in [0.717, 1.165) is 34.4 Å². The molecule has 15 heavy (non-hydrogen) atoms. The van der Waals surface area contributed by atoms with Crippen molar-refractivity contribution in [3.05, 3.63) is 34.3 Å². The molecule has 1 heterocycles. The molecule has 1 atom stereocenters. The van der Waals surface area contributed by atoms with Gasteiger partial charge in [0.15, 0.2) is 0 Å². The average Bonchev–Trinajstić information content (AvgIpc) is 2.30. The molecule has 1 fully saturated rings. The highest BCUT2D eigenvalue weighted by Crippen LogP contribution is 2.36. The van der Waals surface area contributed by atoms with Gasteiger partial charge in [-0.05, 0) is 48.0 Å². The van der Waals surface area contributed by atoms with E-state index in [1.807, 2.05) is 36.0 Å². The first-order chi connectivity index (χ1) is 7.27. The summed E-state index contributed by atoms with van der Waals surface area (Å²) >= 11 is 5.30. The molecule has 0 nitrogen and oxygen atoms in total. The molecular weight excluding hydrogens is 275 g/mol. The lowest BCUT2D eigenvalue weighted by atomic mass is 9.92. The molecule has 1 unspecified atom stereocenters. The van der Waals surface area contributed by atoms with Gasteiger partial charge in [0.2, 0.25) is 0 Å². The van der Waals surface area contributed by atoms with E-state index < -0.39 is 6.17 Å². The number of alkyl halides is 1. The molecule has 0 aromatic heterocycles. The van der Waals surface area contributed by atoms with Crippen LogP contribution in [0.4, 0.5) is 4.39 Å². The van der Waals surface area contributed by atoms with E-state index in [1.54, 1.807) is 0 Å². The quantitative estimate of drug-likeness (QED) is 0.766. The smallest absolute Gasteiger partial charge is 0.128 e. The van der Waals surface area contributed by atoms with Crippen LogP contribution in [-0.2, 0) is 0 Å². The van der Waals surface area contributed by atoms with Crippen LogP contribution in [0.3, 0.4) is 0 Å². The number of halogens is 2. The normalized spacial score (nSPS) is 20.1. The van der Waals surface area contributed by atoms with Crippen molar-refractivity contribution in [1.82, 2.24) is 0 Å². The Balaban J connectivity index is 2.05. The van der Waals surface area contributed by atoms with Gasteiger partial charge in [-0.2, -0.15) is 11.8 Å². The number of benzene rings is 1. The molecule has 1 saturated heterocycles. The van der Waals surface area contributed by atoms with Crippen LogP contribution in [-0.4, -0.2) is 11.5 Å². The Bertz CT molecular complexity index is 306. The van der Waals surface area contributed by atoms with Gasteiger partial charge in [0.1, 0.15) is 6.17 Å². The maximum absolute atomic E-state index is 14.1. The second-order valence-electron chi connectivity index (χ2n) is 3.90. The highest BCUT2D eigenvalue weighted by atomic mass is 79.9. The third-order valence-electron chi connectivity index (χ3n) is 2.87. The van der Waals surface area contributed by atoms with Gasteiger partial charge >= 0.3 is 0 Å². The largest absolute Gasteiger partial charge is 0.242 e. The van der Waals surface area contributed by atoms with Gasteiger partial charge in [-0.3, -0.25) is 0 Å². The van der Waals surface area contributed by atoms with Crippen LogP contribution < -0.4 is 0 Å². The maximum atomic E-state index is 14.1. The third-order valence-corrected chi connectivity index (χ3v) is 4.45. The fraction of sp³-hybridized carbons (Fsp3) is 0.500. The van der Waals surface area contributed by atoms with Crippen LogP contribution in [0.25, 0.3) is 0 Å². The van der Waals surface area contributed by atoms with Crippen LogP contribution in [0.15, 0.2) is 28.7 Å². The summed E-state index contributed by atoms with van der Waals surface area (Å²) in [6.45, 7) is 0. The molecule has 3 heteroatoms. The Hall–Kier alpha value is -0.0200. The Morgan fingerprint density at radius 1 is 1.20 bits per heavy atom. The first kappa shape index (κ1) is 11.5. The van der Waals surface area contributed by atoms with Crippen molar-refractivity contribution in [2.75, 3.05) is 11.5 Å². The molecule has 1 aromatic rings. The Morgan fingerprint density at radius 3 is 2.40 bits per heavy atom. The second-order valence-corrected chi connectivity index (χ2v) is 6.04. The summed E-state index contributed by atoms with van der Waals surface area (Å²) in [5.74, 6) is 2.45. The zero-order valence-corrected chi connectivity index (χ0v) is 10.9. The summed E-state index contributed by atoms with van der Waals surface area (Å²) < 4.78 is 15.1. The molecule has 0 radical (unpaired) electrons. The van der Waals surface area contributed by atoms with Gasteiger partial charge in [-0.1, -0.05) is 28.1 Å². The van der Waals surface area contributed by atoms with Gasteiger partial charge in [0, 0.05) is 4.47 Å². The van der Waals surface area contributed by atoms with Crippen molar-refractivity contribution >= 4 is 27.7 Å². The van der Waals surface area contributed by atoms with Crippen molar-refractivity contribution in [3.8, 4) is 0 Å². The number of rotatable bonds is 2. The summed E-state index contributed by atoms with van der Waals surface area (Å²) in [6.07, 6.45) is 1.25. The number of thioether (sulfide) groups is 1. The van der Waals surface area contributed by atoms with Crippen LogP contribution in [0.1, 0.15) is 24.6 Å². The van der Waals surface area contributed by atoms with Crippen LogP contribution >= 0.6 is 27.7 Å². The third kappa shape index (κ3) is 2.97. The topological polar surface area (TPSA) is 0 Å². The second kappa shape index (κ2) is 5.35. The molecule has 82 valence electrons. The van der Waals surface area contributed by atoms with Crippen molar-refractivity contribution < 1.29 is 4.39 Å². The van der Waals surface area contributed by atoms with E-state index in [2.05, 4.69) is 15.9 Å². The first-order valence-electron chi connectivity index (χ1n) is 5.24.